The Kier molecular flexibility index (Phi) is 5.22. The zero-order valence-electron chi connectivity index (χ0n) is 11.3. The molecule has 0 aliphatic heterocycles. The third kappa shape index (κ3) is 3.93. The maximum absolute atomic E-state index is 13.8. The molecule has 0 aromatic heterocycles. The molecule has 2 rings (SSSR count). The van der Waals surface area contributed by atoms with Gasteiger partial charge in [0, 0.05) is 4.47 Å². The van der Waals surface area contributed by atoms with Gasteiger partial charge in [-0.25, -0.2) is 4.39 Å². The van der Waals surface area contributed by atoms with Crippen LogP contribution in [-0.2, 0) is 0 Å². The van der Waals surface area contributed by atoms with Gasteiger partial charge in [-0.15, -0.1) is 0 Å². The van der Waals surface area contributed by atoms with Crippen molar-refractivity contribution in [1.82, 2.24) is 5.32 Å². The van der Waals surface area contributed by atoms with Crippen molar-refractivity contribution in [3.05, 3.63) is 28.5 Å². The van der Waals surface area contributed by atoms with Crippen molar-refractivity contribution in [3.63, 3.8) is 0 Å². The summed E-state index contributed by atoms with van der Waals surface area (Å²) in [4.78, 5) is 0. The molecule has 1 N–H and O–H groups in total. The van der Waals surface area contributed by atoms with Crippen molar-refractivity contribution in [1.29, 1.82) is 0 Å². The van der Waals surface area contributed by atoms with Gasteiger partial charge in [-0.1, -0.05) is 22.9 Å². The average molecular weight is 330 g/mol. The molecular formula is C15H21BrFNO. The molecule has 2 nitrogen and oxygen atoms in total. The molecule has 1 aromatic rings. The molecule has 4 heteroatoms. The van der Waals surface area contributed by atoms with Crippen molar-refractivity contribution < 1.29 is 9.13 Å². The minimum absolute atomic E-state index is 0.157. The SMILES string of the molecule is CCCNCCC1(Oc2ccc(Br)cc2F)CCC1. The van der Waals surface area contributed by atoms with Gasteiger partial charge in [-0.05, 0) is 63.4 Å². The summed E-state index contributed by atoms with van der Waals surface area (Å²) < 4.78 is 20.5. The minimum Gasteiger partial charge on any atom is -0.484 e. The van der Waals surface area contributed by atoms with Crippen molar-refractivity contribution in [2.24, 2.45) is 0 Å². The quantitative estimate of drug-likeness (QED) is 0.754. The smallest absolute Gasteiger partial charge is 0.166 e. The molecule has 0 amide bonds. The topological polar surface area (TPSA) is 21.3 Å². The largest absolute Gasteiger partial charge is 0.484 e. The van der Waals surface area contributed by atoms with Gasteiger partial charge in [0.15, 0.2) is 11.6 Å². The first-order valence-electron chi connectivity index (χ1n) is 7.00. The highest BCUT2D eigenvalue weighted by Gasteiger charge is 2.39. The van der Waals surface area contributed by atoms with Gasteiger partial charge in [0.1, 0.15) is 5.60 Å². The van der Waals surface area contributed by atoms with E-state index < -0.39 is 0 Å². The molecule has 1 aliphatic carbocycles. The van der Waals surface area contributed by atoms with Crippen LogP contribution in [0.15, 0.2) is 22.7 Å². The molecule has 0 saturated heterocycles. The number of nitrogens with one attached hydrogen (secondary N) is 1. The Morgan fingerprint density at radius 3 is 2.74 bits per heavy atom. The first-order chi connectivity index (χ1) is 9.15. The van der Waals surface area contributed by atoms with Crippen LogP contribution < -0.4 is 10.1 Å². The van der Waals surface area contributed by atoms with E-state index in [1.54, 1.807) is 6.07 Å². The number of hydrogen-bond acceptors (Lipinski definition) is 2. The summed E-state index contributed by atoms with van der Waals surface area (Å²) in [6.45, 7) is 4.12. The van der Waals surface area contributed by atoms with Crippen molar-refractivity contribution in [2.45, 2.75) is 44.6 Å². The Morgan fingerprint density at radius 1 is 1.37 bits per heavy atom. The summed E-state index contributed by atoms with van der Waals surface area (Å²) in [5.74, 6) is 0.0839. The van der Waals surface area contributed by atoms with Crippen LogP contribution in [0, 0.1) is 5.82 Å². The highest BCUT2D eigenvalue weighted by Crippen LogP contribution is 2.40. The number of rotatable bonds is 7. The molecular weight excluding hydrogens is 309 g/mol. The fraction of sp³-hybridized carbons (Fsp3) is 0.600. The second kappa shape index (κ2) is 6.71. The third-order valence-electron chi connectivity index (χ3n) is 3.67. The van der Waals surface area contributed by atoms with Crippen LogP contribution in [0.4, 0.5) is 4.39 Å². The third-order valence-corrected chi connectivity index (χ3v) is 4.16. The monoisotopic (exact) mass is 329 g/mol. The standard InChI is InChI=1S/C15H21BrFNO/c1-2-9-18-10-8-15(6-3-7-15)19-14-5-4-12(16)11-13(14)17/h4-5,11,18H,2-3,6-10H2,1H3. The molecule has 0 heterocycles. The Labute approximate surface area is 122 Å². The molecule has 19 heavy (non-hydrogen) atoms. The minimum atomic E-state index is -0.290. The van der Waals surface area contributed by atoms with Gasteiger partial charge >= 0.3 is 0 Å². The summed E-state index contributed by atoms with van der Waals surface area (Å²) in [5, 5.41) is 3.39. The molecule has 0 radical (unpaired) electrons. The number of benzene rings is 1. The van der Waals surface area contributed by atoms with Crippen LogP contribution in [-0.4, -0.2) is 18.7 Å². The van der Waals surface area contributed by atoms with Crippen LogP contribution in [0.1, 0.15) is 39.0 Å². The fourth-order valence-corrected chi connectivity index (χ4v) is 2.72. The van der Waals surface area contributed by atoms with Gasteiger partial charge in [-0.3, -0.25) is 0 Å². The molecule has 1 fully saturated rings. The van der Waals surface area contributed by atoms with E-state index in [9.17, 15) is 4.39 Å². The van der Waals surface area contributed by atoms with Crippen molar-refractivity contribution in [3.8, 4) is 5.75 Å². The first-order valence-corrected chi connectivity index (χ1v) is 7.79. The highest BCUT2D eigenvalue weighted by molar-refractivity contribution is 9.10. The Bertz CT molecular complexity index is 421. The second-order valence-electron chi connectivity index (χ2n) is 5.21. The Morgan fingerprint density at radius 2 is 2.16 bits per heavy atom. The van der Waals surface area contributed by atoms with E-state index in [1.165, 1.54) is 12.5 Å². The molecule has 0 unspecified atom stereocenters. The molecule has 0 bridgehead atoms. The molecule has 1 saturated carbocycles. The Hall–Kier alpha value is -0.610. The zero-order chi connectivity index (χ0) is 13.7. The lowest BCUT2D eigenvalue weighted by molar-refractivity contribution is -0.0171. The van der Waals surface area contributed by atoms with Crippen molar-refractivity contribution >= 4 is 15.9 Å². The fourth-order valence-electron chi connectivity index (χ4n) is 2.38. The van der Waals surface area contributed by atoms with E-state index in [0.717, 1.165) is 43.2 Å². The van der Waals surface area contributed by atoms with Gasteiger partial charge in [0.2, 0.25) is 0 Å². The van der Waals surface area contributed by atoms with Gasteiger partial charge < -0.3 is 10.1 Å². The van der Waals surface area contributed by atoms with Crippen LogP contribution in [0.25, 0.3) is 0 Å². The maximum Gasteiger partial charge on any atom is 0.166 e. The van der Waals surface area contributed by atoms with E-state index >= 15 is 0 Å². The summed E-state index contributed by atoms with van der Waals surface area (Å²) in [5.41, 5.74) is -0.157. The zero-order valence-corrected chi connectivity index (χ0v) is 12.9. The lowest BCUT2D eigenvalue weighted by Gasteiger charge is -2.42. The maximum atomic E-state index is 13.8. The lowest BCUT2D eigenvalue weighted by Crippen LogP contribution is -2.45. The number of hydrogen-bond donors (Lipinski definition) is 1. The van der Waals surface area contributed by atoms with E-state index in [1.807, 2.05) is 6.07 Å². The van der Waals surface area contributed by atoms with Gasteiger partial charge in [-0.2, -0.15) is 0 Å². The van der Waals surface area contributed by atoms with Crippen molar-refractivity contribution in [2.75, 3.05) is 13.1 Å². The van der Waals surface area contributed by atoms with Gasteiger partial charge in [0.25, 0.3) is 0 Å². The first kappa shape index (κ1) is 14.8. The van der Waals surface area contributed by atoms with Crippen LogP contribution in [0.2, 0.25) is 0 Å². The summed E-state index contributed by atoms with van der Waals surface area (Å²) in [7, 11) is 0. The van der Waals surface area contributed by atoms with Crippen LogP contribution in [0.3, 0.4) is 0 Å². The Balaban J connectivity index is 1.94. The van der Waals surface area contributed by atoms with E-state index in [-0.39, 0.29) is 11.4 Å². The lowest BCUT2D eigenvalue weighted by atomic mass is 9.77. The number of ether oxygens (including phenoxy) is 1. The highest BCUT2D eigenvalue weighted by atomic mass is 79.9. The summed E-state index contributed by atoms with van der Waals surface area (Å²) >= 11 is 3.26. The van der Waals surface area contributed by atoms with Gasteiger partial charge in [0.05, 0.1) is 0 Å². The van der Waals surface area contributed by atoms with E-state index in [2.05, 4.69) is 28.2 Å². The molecule has 1 aliphatic rings. The molecule has 0 atom stereocenters. The van der Waals surface area contributed by atoms with E-state index in [0.29, 0.717) is 5.75 Å². The number of halogens is 2. The predicted molar refractivity (Wildman–Crippen MR) is 79.1 cm³/mol. The molecule has 1 aromatic carbocycles. The van der Waals surface area contributed by atoms with Crippen LogP contribution >= 0.6 is 15.9 Å². The predicted octanol–water partition coefficient (Wildman–Crippen LogP) is 4.28. The summed E-state index contributed by atoms with van der Waals surface area (Å²) in [6, 6.07) is 4.98. The van der Waals surface area contributed by atoms with Crippen LogP contribution in [0.5, 0.6) is 5.75 Å². The van der Waals surface area contributed by atoms with E-state index in [4.69, 9.17) is 4.74 Å². The normalized spacial score (nSPS) is 17.0. The summed E-state index contributed by atoms with van der Waals surface area (Å²) in [6.07, 6.45) is 5.30. The average Bonchev–Trinajstić information content (AvgIpc) is 2.34. The molecule has 0 spiro atoms. The molecule has 106 valence electrons. The second-order valence-corrected chi connectivity index (χ2v) is 6.13.